The number of hydroxylamine groups is 1. The van der Waals surface area contributed by atoms with Gasteiger partial charge in [0, 0.05) is 11.6 Å². The van der Waals surface area contributed by atoms with E-state index in [0.717, 1.165) is 11.6 Å². The monoisotopic (exact) mass is 334 g/mol. The fraction of sp³-hybridized carbons (Fsp3) is 0. The molecule has 0 aliphatic carbocycles. The highest BCUT2D eigenvalue weighted by Crippen LogP contribution is 2.07. The molecule has 0 radical (unpaired) electrons. The highest BCUT2D eigenvalue weighted by molar-refractivity contribution is 5.96. The van der Waals surface area contributed by atoms with Gasteiger partial charge in [-0.1, -0.05) is 24.3 Å². The van der Waals surface area contributed by atoms with Crippen molar-refractivity contribution in [3.63, 3.8) is 0 Å². The number of carbonyl (C=O) groups is 2. The first kappa shape index (κ1) is 17.6. The molecule has 0 fully saturated rings. The third-order valence-corrected chi connectivity index (χ3v) is 3.11. The van der Waals surface area contributed by atoms with Crippen LogP contribution in [0, 0.1) is 11.3 Å². The minimum absolute atomic E-state index is 0.364. The van der Waals surface area contributed by atoms with Gasteiger partial charge in [0.25, 0.3) is 11.8 Å². The van der Waals surface area contributed by atoms with E-state index in [0.29, 0.717) is 16.7 Å². The third kappa shape index (κ3) is 5.42. The number of hydrogen-bond acceptors (Lipinski definition) is 5. The Morgan fingerprint density at radius 2 is 1.88 bits per heavy atom. The zero-order valence-electron chi connectivity index (χ0n) is 13.0. The van der Waals surface area contributed by atoms with Gasteiger partial charge in [-0.05, 0) is 41.5 Å². The summed E-state index contributed by atoms with van der Waals surface area (Å²) < 4.78 is 0. The summed E-state index contributed by atoms with van der Waals surface area (Å²) in [5.41, 5.74) is 6.15. The van der Waals surface area contributed by atoms with E-state index in [1.165, 1.54) is 17.8 Å². The Kier molecular flexibility index (Phi) is 6.17. The summed E-state index contributed by atoms with van der Waals surface area (Å²) in [6.45, 7) is 0. The standard InChI is InChI=1S/C18H14N4O3/c19-11-14-4-6-15(7-5-14)12-20-21-18(24)16-3-1-2-13(10-16)8-9-17(23)22-25/h1-10,12,25H,(H,21,24)(H,22,23). The van der Waals surface area contributed by atoms with Crippen molar-refractivity contribution in [3.8, 4) is 6.07 Å². The largest absolute Gasteiger partial charge is 0.288 e. The molecule has 25 heavy (non-hydrogen) atoms. The van der Waals surface area contributed by atoms with Crippen LogP contribution in [0.4, 0.5) is 0 Å². The van der Waals surface area contributed by atoms with Gasteiger partial charge in [0.1, 0.15) is 0 Å². The van der Waals surface area contributed by atoms with Crippen molar-refractivity contribution in [2.45, 2.75) is 0 Å². The summed E-state index contributed by atoms with van der Waals surface area (Å²) in [7, 11) is 0. The lowest BCUT2D eigenvalue weighted by atomic mass is 10.1. The van der Waals surface area contributed by atoms with Crippen molar-refractivity contribution in [1.29, 1.82) is 5.26 Å². The number of nitriles is 1. The first-order valence-corrected chi connectivity index (χ1v) is 7.18. The molecule has 2 aromatic rings. The van der Waals surface area contributed by atoms with E-state index >= 15 is 0 Å². The van der Waals surface area contributed by atoms with E-state index in [-0.39, 0.29) is 0 Å². The molecule has 2 rings (SSSR count). The molecule has 0 atom stereocenters. The number of amides is 2. The summed E-state index contributed by atoms with van der Waals surface area (Å²) in [5, 5.41) is 21.0. The highest BCUT2D eigenvalue weighted by atomic mass is 16.5. The first-order valence-electron chi connectivity index (χ1n) is 7.18. The highest BCUT2D eigenvalue weighted by Gasteiger charge is 2.04. The molecule has 0 saturated heterocycles. The number of nitrogens with zero attached hydrogens (tertiary/aromatic N) is 2. The third-order valence-electron chi connectivity index (χ3n) is 3.11. The fourth-order valence-electron chi connectivity index (χ4n) is 1.87. The van der Waals surface area contributed by atoms with Gasteiger partial charge in [0.2, 0.25) is 0 Å². The lowest BCUT2D eigenvalue weighted by molar-refractivity contribution is -0.124. The second kappa shape index (κ2) is 8.76. The van der Waals surface area contributed by atoms with Gasteiger partial charge in [-0.2, -0.15) is 10.4 Å². The normalized spacial score (nSPS) is 10.6. The van der Waals surface area contributed by atoms with Gasteiger partial charge >= 0.3 is 0 Å². The van der Waals surface area contributed by atoms with Crippen molar-refractivity contribution in [1.82, 2.24) is 10.9 Å². The second-order valence-corrected chi connectivity index (χ2v) is 4.87. The quantitative estimate of drug-likeness (QED) is 0.335. The zero-order chi connectivity index (χ0) is 18.1. The SMILES string of the molecule is N#Cc1ccc(C=NNC(=O)c2cccc(C=CC(=O)NO)c2)cc1. The van der Waals surface area contributed by atoms with Crippen LogP contribution < -0.4 is 10.9 Å². The van der Waals surface area contributed by atoms with E-state index in [2.05, 4.69) is 10.5 Å². The number of nitrogens with one attached hydrogen (secondary N) is 2. The molecule has 0 unspecified atom stereocenters. The van der Waals surface area contributed by atoms with E-state index in [1.807, 2.05) is 6.07 Å². The van der Waals surface area contributed by atoms with Crippen LogP contribution >= 0.6 is 0 Å². The summed E-state index contributed by atoms with van der Waals surface area (Å²) >= 11 is 0. The molecule has 0 aliphatic heterocycles. The van der Waals surface area contributed by atoms with Crippen LogP contribution in [0.1, 0.15) is 27.0 Å². The number of carbonyl (C=O) groups excluding carboxylic acids is 2. The Labute approximate surface area is 143 Å². The molecule has 0 aromatic heterocycles. The van der Waals surface area contributed by atoms with Gasteiger partial charge < -0.3 is 0 Å². The molecule has 0 bridgehead atoms. The number of benzene rings is 2. The van der Waals surface area contributed by atoms with Gasteiger partial charge in [-0.25, -0.2) is 10.9 Å². The van der Waals surface area contributed by atoms with Crippen molar-refractivity contribution in [2.75, 3.05) is 0 Å². The molecule has 2 aromatic carbocycles. The molecule has 0 spiro atoms. The maximum Gasteiger partial charge on any atom is 0.271 e. The average molecular weight is 334 g/mol. The molecule has 0 aliphatic rings. The first-order chi connectivity index (χ1) is 12.1. The maximum atomic E-state index is 12.1. The Morgan fingerprint density at radius 3 is 2.56 bits per heavy atom. The van der Waals surface area contributed by atoms with E-state index in [1.54, 1.807) is 48.5 Å². The summed E-state index contributed by atoms with van der Waals surface area (Å²) in [5.74, 6) is -1.08. The van der Waals surface area contributed by atoms with Gasteiger partial charge in [-0.15, -0.1) is 0 Å². The molecule has 2 amide bonds. The molecule has 7 heteroatoms. The number of rotatable bonds is 5. The predicted octanol–water partition coefficient (Wildman–Crippen LogP) is 1.84. The predicted molar refractivity (Wildman–Crippen MR) is 91.6 cm³/mol. The molecule has 3 N–H and O–H groups in total. The van der Waals surface area contributed by atoms with Crippen LogP contribution in [0.5, 0.6) is 0 Å². The molecule has 0 saturated carbocycles. The maximum absolute atomic E-state index is 12.1. The fourth-order valence-corrected chi connectivity index (χ4v) is 1.87. The van der Waals surface area contributed by atoms with Gasteiger partial charge in [0.05, 0.1) is 17.8 Å². The van der Waals surface area contributed by atoms with Crippen LogP contribution in [-0.4, -0.2) is 23.2 Å². The minimum atomic E-state index is -0.665. The Balaban J connectivity index is 2.00. The van der Waals surface area contributed by atoms with Crippen molar-refractivity contribution < 1.29 is 14.8 Å². The number of hydrazone groups is 1. The average Bonchev–Trinajstić information content (AvgIpc) is 2.66. The lowest BCUT2D eigenvalue weighted by Crippen LogP contribution is -2.17. The van der Waals surface area contributed by atoms with Crippen molar-refractivity contribution >= 4 is 24.1 Å². The smallest absolute Gasteiger partial charge is 0.271 e. The minimum Gasteiger partial charge on any atom is -0.288 e. The van der Waals surface area contributed by atoms with Crippen LogP contribution in [0.2, 0.25) is 0 Å². The number of hydrogen-bond donors (Lipinski definition) is 3. The van der Waals surface area contributed by atoms with Gasteiger partial charge in [0.15, 0.2) is 0 Å². The second-order valence-electron chi connectivity index (χ2n) is 4.87. The van der Waals surface area contributed by atoms with Crippen LogP contribution in [-0.2, 0) is 4.79 Å². The lowest BCUT2D eigenvalue weighted by Gasteiger charge is -2.01. The molecular formula is C18H14N4O3. The molecule has 7 nitrogen and oxygen atoms in total. The summed E-state index contributed by atoms with van der Waals surface area (Å²) in [6.07, 6.45) is 4.07. The van der Waals surface area contributed by atoms with Crippen LogP contribution in [0.25, 0.3) is 6.08 Å². The van der Waals surface area contributed by atoms with Crippen molar-refractivity contribution in [3.05, 3.63) is 76.9 Å². The van der Waals surface area contributed by atoms with Crippen molar-refractivity contribution in [2.24, 2.45) is 5.10 Å². The summed E-state index contributed by atoms with van der Waals surface area (Å²) in [6, 6.07) is 15.3. The zero-order valence-corrected chi connectivity index (χ0v) is 13.0. The Morgan fingerprint density at radius 1 is 1.12 bits per heavy atom. The topological polar surface area (TPSA) is 115 Å². The molecular weight excluding hydrogens is 320 g/mol. The van der Waals surface area contributed by atoms with Crippen LogP contribution in [0.15, 0.2) is 59.7 Å². The molecule has 124 valence electrons. The van der Waals surface area contributed by atoms with Gasteiger partial charge in [-0.3, -0.25) is 14.8 Å². The Bertz CT molecular complexity index is 865. The summed E-state index contributed by atoms with van der Waals surface area (Å²) in [4.78, 5) is 23.0. The van der Waals surface area contributed by atoms with Crippen LogP contribution in [0.3, 0.4) is 0 Å². The molecule has 0 heterocycles. The Hall–Kier alpha value is -3.76. The van der Waals surface area contributed by atoms with E-state index in [4.69, 9.17) is 10.5 Å². The van der Waals surface area contributed by atoms with E-state index < -0.39 is 11.8 Å². The van der Waals surface area contributed by atoms with E-state index in [9.17, 15) is 9.59 Å².